The third kappa shape index (κ3) is 6.17. The average Bonchev–Trinajstić information content (AvgIpc) is 2.60. The number of carboxylic acid groups (broad SMARTS) is 1. The zero-order valence-electron chi connectivity index (χ0n) is 13.7. The van der Waals surface area contributed by atoms with Gasteiger partial charge in [0.25, 0.3) is 16.0 Å². The molecule has 0 bridgehead atoms. The van der Waals surface area contributed by atoms with Crippen molar-refractivity contribution >= 4 is 33.4 Å². The number of nitrogens with one attached hydrogen (secondary N) is 1. The molecule has 1 amide bonds. The summed E-state index contributed by atoms with van der Waals surface area (Å²) in [5.41, 5.74) is 0.553. The summed E-state index contributed by atoms with van der Waals surface area (Å²) in [6.45, 7) is -0.230. The van der Waals surface area contributed by atoms with Crippen LogP contribution in [-0.4, -0.2) is 47.4 Å². The van der Waals surface area contributed by atoms with Gasteiger partial charge in [0.2, 0.25) is 0 Å². The molecule has 0 spiro atoms. The Hall–Kier alpha value is -3.31. The summed E-state index contributed by atoms with van der Waals surface area (Å²) in [5.74, 6) is -2.79. The van der Waals surface area contributed by atoms with E-state index in [1.165, 1.54) is 36.4 Å². The van der Waals surface area contributed by atoms with Crippen LogP contribution in [0.1, 0.15) is 20.7 Å². The summed E-state index contributed by atoms with van der Waals surface area (Å²) in [6, 6.07) is 9.60. The van der Waals surface area contributed by atoms with E-state index in [2.05, 4.69) is 15.5 Å². The average molecular weight is 393 g/mol. The fraction of sp³-hybridized carbons (Fsp3) is 0.125. The summed E-state index contributed by atoms with van der Waals surface area (Å²) in [5, 5.41) is 28.5. The molecule has 0 radical (unpaired) electrons. The lowest BCUT2D eigenvalue weighted by Crippen LogP contribution is -2.28. The molecule has 2 aromatic carbocycles. The molecule has 2 aromatic rings. The summed E-state index contributed by atoms with van der Waals surface area (Å²) in [6.07, 6.45) is 0. The van der Waals surface area contributed by atoms with Crippen LogP contribution in [0.25, 0.3) is 0 Å². The quantitative estimate of drug-likeness (QED) is 0.413. The molecule has 0 atom stereocenters. The van der Waals surface area contributed by atoms with Crippen LogP contribution in [0.15, 0.2) is 52.7 Å². The molecular weight excluding hydrogens is 378 g/mol. The van der Waals surface area contributed by atoms with Crippen molar-refractivity contribution in [3.63, 3.8) is 0 Å². The van der Waals surface area contributed by atoms with E-state index in [1.807, 2.05) is 0 Å². The standard InChI is InChI=1S/C16H15N3O7S/c20-14-6-5-12(9-13(14)16(22)23)19-18-11-3-1-10(2-4-11)15(21)17-7-8-27(24,25)26/h1-6,9,20H,7-8H2,(H,17,21)(H,22,23)(H,24,25,26). The Morgan fingerprint density at radius 1 is 1.00 bits per heavy atom. The third-order valence-corrected chi connectivity index (χ3v) is 3.99. The van der Waals surface area contributed by atoms with Crippen LogP contribution in [0.4, 0.5) is 11.4 Å². The maximum Gasteiger partial charge on any atom is 0.339 e. The fourth-order valence-electron chi connectivity index (χ4n) is 1.95. The van der Waals surface area contributed by atoms with Crippen molar-refractivity contribution in [3.05, 3.63) is 53.6 Å². The number of benzene rings is 2. The van der Waals surface area contributed by atoms with Gasteiger partial charge in [0, 0.05) is 12.1 Å². The minimum Gasteiger partial charge on any atom is -0.507 e. The molecule has 0 saturated heterocycles. The molecule has 142 valence electrons. The Morgan fingerprint density at radius 2 is 1.59 bits per heavy atom. The van der Waals surface area contributed by atoms with Crippen molar-refractivity contribution in [1.82, 2.24) is 5.32 Å². The monoisotopic (exact) mass is 393 g/mol. The van der Waals surface area contributed by atoms with Gasteiger partial charge in [-0.2, -0.15) is 18.6 Å². The van der Waals surface area contributed by atoms with E-state index < -0.39 is 27.7 Å². The number of hydrogen-bond donors (Lipinski definition) is 4. The number of aromatic hydroxyl groups is 1. The van der Waals surface area contributed by atoms with Gasteiger partial charge in [-0.25, -0.2) is 4.79 Å². The number of carbonyl (C=O) groups excluding carboxylic acids is 1. The maximum atomic E-state index is 11.8. The molecule has 2 rings (SSSR count). The van der Waals surface area contributed by atoms with Gasteiger partial charge in [-0.1, -0.05) is 0 Å². The molecule has 4 N–H and O–H groups in total. The second kappa shape index (κ2) is 8.38. The highest BCUT2D eigenvalue weighted by atomic mass is 32.2. The number of azo groups is 1. The van der Waals surface area contributed by atoms with Crippen LogP contribution in [0.3, 0.4) is 0 Å². The molecule has 0 unspecified atom stereocenters. The SMILES string of the molecule is O=C(NCCS(=O)(=O)O)c1ccc(N=Nc2ccc(O)c(C(=O)O)c2)cc1. The summed E-state index contributed by atoms with van der Waals surface area (Å²) < 4.78 is 29.8. The summed E-state index contributed by atoms with van der Waals surface area (Å²) >= 11 is 0. The van der Waals surface area contributed by atoms with Gasteiger partial charge >= 0.3 is 5.97 Å². The Balaban J connectivity index is 2.03. The van der Waals surface area contributed by atoms with Crippen molar-refractivity contribution in [2.75, 3.05) is 12.3 Å². The second-order valence-electron chi connectivity index (χ2n) is 5.30. The Labute approximate surface area is 153 Å². The highest BCUT2D eigenvalue weighted by molar-refractivity contribution is 7.85. The van der Waals surface area contributed by atoms with E-state index in [4.69, 9.17) is 9.66 Å². The molecule has 0 aliphatic rings. The molecule has 10 nitrogen and oxygen atoms in total. The van der Waals surface area contributed by atoms with E-state index >= 15 is 0 Å². The molecular formula is C16H15N3O7S. The van der Waals surface area contributed by atoms with Crippen LogP contribution in [0.5, 0.6) is 5.75 Å². The van der Waals surface area contributed by atoms with Gasteiger partial charge in [0.1, 0.15) is 11.3 Å². The van der Waals surface area contributed by atoms with Crippen LogP contribution in [0, 0.1) is 0 Å². The van der Waals surface area contributed by atoms with E-state index in [0.29, 0.717) is 5.69 Å². The molecule has 27 heavy (non-hydrogen) atoms. The highest BCUT2D eigenvalue weighted by Crippen LogP contribution is 2.25. The molecule has 0 heterocycles. The summed E-state index contributed by atoms with van der Waals surface area (Å²) in [7, 11) is -4.15. The lowest BCUT2D eigenvalue weighted by atomic mass is 10.2. The van der Waals surface area contributed by atoms with Gasteiger partial charge < -0.3 is 15.5 Å². The van der Waals surface area contributed by atoms with Gasteiger partial charge in [-0.3, -0.25) is 9.35 Å². The van der Waals surface area contributed by atoms with Crippen molar-refractivity contribution in [3.8, 4) is 5.75 Å². The fourth-order valence-corrected chi connectivity index (χ4v) is 2.31. The first-order valence-corrected chi connectivity index (χ1v) is 9.08. The molecule has 0 aliphatic heterocycles. The number of aromatic carboxylic acids is 1. The molecule has 0 fully saturated rings. The first-order chi connectivity index (χ1) is 12.7. The normalized spacial score (nSPS) is 11.4. The van der Waals surface area contributed by atoms with E-state index in [9.17, 15) is 23.1 Å². The van der Waals surface area contributed by atoms with Crippen molar-refractivity contribution < 1.29 is 32.8 Å². The smallest absolute Gasteiger partial charge is 0.339 e. The Morgan fingerprint density at radius 3 is 2.19 bits per heavy atom. The number of phenols is 1. The van der Waals surface area contributed by atoms with Crippen molar-refractivity contribution in [2.24, 2.45) is 10.2 Å². The number of rotatable bonds is 7. The number of amides is 1. The zero-order valence-corrected chi connectivity index (χ0v) is 14.5. The van der Waals surface area contributed by atoms with Crippen LogP contribution in [0.2, 0.25) is 0 Å². The van der Waals surface area contributed by atoms with Gasteiger partial charge in [-0.05, 0) is 42.5 Å². The largest absolute Gasteiger partial charge is 0.507 e. The topological polar surface area (TPSA) is 166 Å². The van der Waals surface area contributed by atoms with Crippen LogP contribution >= 0.6 is 0 Å². The lowest BCUT2D eigenvalue weighted by Gasteiger charge is -2.04. The third-order valence-electron chi connectivity index (χ3n) is 3.27. The van der Waals surface area contributed by atoms with Crippen molar-refractivity contribution in [2.45, 2.75) is 0 Å². The van der Waals surface area contributed by atoms with E-state index in [1.54, 1.807) is 0 Å². The highest BCUT2D eigenvalue weighted by Gasteiger charge is 2.10. The molecule has 0 saturated carbocycles. The summed E-state index contributed by atoms with van der Waals surface area (Å²) in [4.78, 5) is 22.8. The van der Waals surface area contributed by atoms with E-state index in [-0.39, 0.29) is 29.1 Å². The molecule has 0 aromatic heterocycles. The van der Waals surface area contributed by atoms with Gasteiger partial charge in [-0.15, -0.1) is 0 Å². The predicted molar refractivity (Wildman–Crippen MR) is 94.4 cm³/mol. The van der Waals surface area contributed by atoms with Gasteiger partial charge in [0.05, 0.1) is 17.1 Å². The Kier molecular flexibility index (Phi) is 6.21. The first kappa shape index (κ1) is 20.0. The number of carboxylic acids is 1. The second-order valence-corrected chi connectivity index (χ2v) is 6.87. The van der Waals surface area contributed by atoms with Crippen LogP contribution in [-0.2, 0) is 10.1 Å². The maximum absolute atomic E-state index is 11.8. The predicted octanol–water partition coefficient (Wildman–Crippen LogP) is 2.12. The minimum atomic E-state index is -4.15. The number of carbonyl (C=O) groups is 2. The van der Waals surface area contributed by atoms with Gasteiger partial charge in [0.15, 0.2) is 0 Å². The zero-order chi connectivity index (χ0) is 20.0. The number of hydrogen-bond acceptors (Lipinski definition) is 7. The van der Waals surface area contributed by atoms with Crippen molar-refractivity contribution in [1.29, 1.82) is 0 Å². The number of nitrogens with zero attached hydrogens (tertiary/aromatic N) is 2. The lowest BCUT2D eigenvalue weighted by molar-refractivity contribution is 0.0693. The van der Waals surface area contributed by atoms with Crippen LogP contribution < -0.4 is 5.32 Å². The Bertz CT molecular complexity index is 986. The first-order valence-electron chi connectivity index (χ1n) is 7.47. The molecule has 0 aliphatic carbocycles. The molecule has 11 heteroatoms. The van der Waals surface area contributed by atoms with E-state index in [0.717, 1.165) is 6.07 Å². The minimum absolute atomic E-state index is 0.220.